The minimum atomic E-state index is -0.280. The Morgan fingerprint density at radius 3 is 2.20 bits per heavy atom. The zero-order valence-corrected chi connectivity index (χ0v) is 13.0. The van der Waals surface area contributed by atoms with Gasteiger partial charge in [-0.25, -0.2) is 0 Å². The molecule has 1 aromatic carbocycles. The molecular weight excluding hydrogens is 254 g/mol. The summed E-state index contributed by atoms with van der Waals surface area (Å²) in [6, 6.07) is 7.63. The maximum atomic E-state index is 11.8. The highest BCUT2D eigenvalue weighted by molar-refractivity contribution is 5.75. The first kappa shape index (κ1) is 16.5. The van der Waals surface area contributed by atoms with Crippen LogP contribution in [-0.4, -0.2) is 26.2 Å². The average molecular weight is 279 g/mol. The van der Waals surface area contributed by atoms with Crippen molar-refractivity contribution in [3.05, 3.63) is 29.8 Å². The van der Waals surface area contributed by atoms with Crippen molar-refractivity contribution in [2.45, 2.75) is 39.3 Å². The SMILES string of the molecule is COC(=O)C(CC(C)C)NC(C)c1ccc(OC)cc1. The highest BCUT2D eigenvalue weighted by Gasteiger charge is 2.22. The molecular formula is C16H25NO3. The van der Waals surface area contributed by atoms with Gasteiger partial charge in [-0.05, 0) is 37.0 Å². The number of carbonyl (C=O) groups is 1. The molecule has 0 saturated carbocycles. The van der Waals surface area contributed by atoms with Gasteiger partial charge in [0.15, 0.2) is 0 Å². The van der Waals surface area contributed by atoms with Crippen molar-refractivity contribution in [1.29, 1.82) is 0 Å². The van der Waals surface area contributed by atoms with Crippen LogP contribution in [0, 0.1) is 5.92 Å². The van der Waals surface area contributed by atoms with Crippen LogP contribution < -0.4 is 10.1 Å². The summed E-state index contributed by atoms with van der Waals surface area (Å²) in [6.07, 6.45) is 0.757. The van der Waals surface area contributed by atoms with Crippen molar-refractivity contribution < 1.29 is 14.3 Å². The largest absolute Gasteiger partial charge is 0.497 e. The van der Waals surface area contributed by atoms with E-state index in [2.05, 4.69) is 19.2 Å². The molecule has 4 nitrogen and oxygen atoms in total. The van der Waals surface area contributed by atoms with Crippen LogP contribution in [0.2, 0.25) is 0 Å². The number of esters is 1. The lowest BCUT2D eigenvalue weighted by atomic mass is 10.0. The van der Waals surface area contributed by atoms with Gasteiger partial charge in [0.25, 0.3) is 0 Å². The van der Waals surface area contributed by atoms with Gasteiger partial charge in [0, 0.05) is 6.04 Å². The van der Waals surface area contributed by atoms with Crippen molar-refractivity contribution in [3.63, 3.8) is 0 Å². The Labute approximate surface area is 121 Å². The first-order chi connectivity index (χ1) is 9.47. The smallest absolute Gasteiger partial charge is 0.322 e. The number of methoxy groups -OCH3 is 2. The minimum Gasteiger partial charge on any atom is -0.497 e. The highest BCUT2D eigenvalue weighted by atomic mass is 16.5. The van der Waals surface area contributed by atoms with Gasteiger partial charge in [0.1, 0.15) is 11.8 Å². The van der Waals surface area contributed by atoms with Gasteiger partial charge in [-0.1, -0.05) is 26.0 Å². The Balaban J connectivity index is 2.73. The molecule has 0 spiro atoms. The van der Waals surface area contributed by atoms with Crippen molar-refractivity contribution in [2.24, 2.45) is 5.92 Å². The van der Waals surface area contributed by atoms with E-state index < -0.39 is 0 Å². The average Bonchev–Trinajstić information content (AvgIpc) is 2.45. The summed E-state index contributed by atoms with van der Waals surface area (Å²) in [6.45, 7) is 6.23. The lowest BCUT2D eigenvalue weighted by Crippen LogP contribution is -2.40. The zero-order chi connectivity index (χ0) is 15.1. The summed E-state index contributed by atoms with van der Waals surface area (Å²) in [5.74, 6) is 1.04. The molecule has 2 unspecified atom stereocenters. The molecule has 1 aromatic rings. The minimum absolute atomic E-state index is 0.0729. The lowest BCUT2D eigenvalue weighted by Gasteiger charge is -2.23. The second-order valence-corrected chi connectivity index (χ2v) is 5.37. The van der Waals surface area contributed by atoms with Crippen molar-refractivity contribution >= 4 is 5.97 Å². The third-order valence-electron chi connectivity index (χ3n) is 3.26. The molecule has 2 atom stereocenters. The van der Waals surface area contributed by atoms with E-state index in [0.717, 1.165) is 17.7 Å². The third kappa shape index (κ3) is 4.85. The number of nitrogens with one attached hydrogen (secondary N) is 1. The summed E-state index contributed by atoms with van der Waals surface area (Å²) >= 11 is 0. The van der Waals surface area contributed by atoms with E-state index in [-0.39, 0.29) is 18.1 Å². The fourth-order valence-electron chi connectivity index (χ4n) is 2.14. The van der Waals surface area contributed by atoms with Crippen LogP contribution in [0.4, 0.5) is 0 Å². The molecule has 0 aliphatic heterocycles. The van der Waals surface area contributed by atoms with Gasteiger partial charge in [0.05, 0.1) is 14.2 Å². The number of benzene rings is 1. The molecule has 20 heavy (non-hydrogen) atoms. The molecule has 4 heteroatoms. The number of ether oxygens (including phenoxy) is 2. The van der Waals surface area contributed by atoms with Crippen LogP contribution >= 0.6 is 0 Å². The predicted molar refractivity (Wildman–Crippen MR) is 79.8 cm³/mol. The molecule has 0 saturated heterocycles. The maximum Gasteiger partial charge on any atom is 0.322 e. The summed E-state index contributed by atoms with van der Waals surface area (Å²) in [4.78, 5) is 11.8. The van der Waals surface area contributed by atoms with Crippen LogP contribution in [0.15, 0.2) is 24.3 Å². The molecule has 0 aliphatic carbocycles. The van der Waals surface area contributed by atoms with E-state index in [1.54, 1.807) is 7.11 Å². The second-order valence-electron chi connectivity index (χ2n) is 5.37. The number of hydrogen-bond acceptors (Lipinski definition) is 4. The van der Waals surface area contributed by atoms with Crippen LogP contribution in [-0.2, 0) is 9.53 Å². The molecule has 1 N–H and O–H groups in total. The summed E-state index contributed by atoms with van der Waals surface area (Å²) in [5, 5.41) is 3.34. The Morgan fingerprint density at radius 2 is 1.75 bits per heavy atom. The van der Waals surface area contributed by atoms with E-state index >= 15 is 0 Å². The standard InChI is InChI=1S/C16H25NO3/c1-11(2)10-15(16(18)20-5)17-12(3)13-6-8-14(19-4)9-7-13/h6-9,11-12,15,17H,10H2,1-5H3. The second kappa shape index (κ2) is 7.90. The van der Waals surface area contributed by atoms with Crippen molar-refractivity contribution in [2.75, 3.05) is 14.2 Å². The van der Waals surface area contributed by atoms with Gasteiger partial charge in [-0.2, -0.15) is 0 Å². The van der Waals surface area contributed by atoms with Crippen LogP contribution in [0.1, 0.15) is 38.8 Å². The summed E-state index contributed by atoms with van der Waals surface area (Å²) in [7, 11) is 3.07. The Morgan fingerprint density at radius 1 is 1.15 bits per heavy atom. The molecule has 0 fully saturated rings. The molecule has 112 valence electrons. The number of carbonyl (C=O) groups excluding carboxylic acids is 1. The number of hydrogen-bond donors (Lipinski definition) is 1. The highest BCUT2D eigenvalue weighted by Crippen LogP contribution is 2.19. The zero-order valence-electron chi connectivity index (χ0n) is 13.0. The normalized spacial score (nSPS) is 13.9. The fraction of sp³-hybridized carbons (Fsp3) is 0.562. The van der Waals surface area contributed by atoms with Crippen LogP contribution in [0.5, 0.6) is 5.75 Å². The Bertz CT molecular complexity index is 414. The van der Waals surface area contributed by atoms with Crippen LogP contribution in [0.3, 0.4) is 0 Å². The molecule has 0 aromatic heterocycles. The lowest BCUT2D eigenvalue weighted by molar-refractivity contribution is -0.143. The number of rotatable bonds is 7. The molecule has 1 rings (SSSR count). The molecule has 0 heterocycles. The maximum absolute atomic E-state index is 11.8. The molecule has 0 aliphatic rings. The summed E-state index contributed by atoms with van der Waals surface area (Å²) < 4.78 is 10.0. The van der Waals surface area contributed by atoms with Gasteiger partial charge >= 0.3 is 5.97 Å². The van der Waals surface area contributed by atoms with E-state index in [0.29, 0.717) is 5.92 Å². The van der Waals surface area contributed by atoms with E-state index in [1.165, 1.54) is 7.11 Å². The summed E-state index contributed by atoms with van der Waals surface area (Å²) in [5.41, 5.74) is 1.11. The van der Waals surface area contributed by atoms with Gasteiger partial charge in [-0.15, -0.1) is 0 Å². The Hall–Kier alpha value is -1.55. The van der Waals surface area contributed by atoms with Gasteiger partial charge < -0.3 is 9.47 Å². The Kier molecular flexibility index (Phi) is 6.52. The molecule has 0 radical (unpaired) electrons. The predicted octanol–water partition coefficient (Wildman–Crippen LogP) is 2.93. The van der Waals surface area contributed by atoms with Crippen LogP contribution in [0.25, 0.3) is 0 Å². The van der Waals surface area contributed by atoms with E-state index in [9.17, 15) is 4.79 Å². The van der Waals surface area contributed by atoms with Gasteiger partial charge in [0.2, 0.25) is 0 Å². The first-order valence-corrected chi connectivity index (χ1v) is 6.95. The van der Waals surface area contributed by atoms with E-state index in [1.807, 2.05) is 31.2 Å². The van der Waals surface area contributed by atoms with Crippen molar-refractivity contribution in [1.82, 2.24) is 5.32 Å². The fourth-order valence-corrected chi connectivity index (χ4v) is 2.14. The first-order valence-electron chi connectivity index (χ1n) is 6.95. The quantitative estimate of drug-likeness (QED) is 0.780. The third-order valence-corrected chi connectivity index (χ3v) is 3.26. The van der Waals surface area contributed by atoms with E-state index in [4.69, 9.17) is 9.47 Å². The molecule has 0 amide bonds. The van der Waals surface area contributed by atoms with Gasteiger partial charge in [-0.3, -0.25) is 10.1 Å². The molecule has 0 bridgehead atoms. The van der Waals surface area contributed by atoms with Crippen molar-refractivity contribution in [3.8, 4) is 5.75 Å². The topological polar surface area (TPSA) is 47.6 Å². The monoisotopic (exact) mass is 279 g/mol.